The van der Waals surface area contributed by atoms with Crippen LogP contribution in [0.3, 0.4) is 0 Å². The van der Waals surface area contributed by atoms with E-state index in [1.165, 1.54) is 6.20 Å². The van der Waals surface area contributed by atoms with Crippen molar-refractivity contribution in [1.29, 1.82) is 5.26 Å². The molecular formula is C18H23N3O2. The molecule has 0 atom stereocenters. The summed E-state index contributed by atoms with van der Waals surface area (Å²) in [5.41, 5.74) is 0.855. The van der Waals surface area contributed by atoms with Crippen molar-refractivity contribution in [3.8, 4) is 11.8 Å². The van der Waals surface area contributed by atoms with E-state index >= 15 is 0 Å². The first-order valence-electron chi connectivity index (χ1n) is 8.03. The number of nitrogens with zero attached hydrogens (tertiary/aromatic N) is 2. The van der Waals surface area contributed by atoms with Gasteiger partial charge >= 0.3 is 0 Å². The van der Waals surface area contributed by atoms with Gasteiger partial charge in [0.1, 0.15) is 17.4 Å². The maximum atomic E-state index is 12.4. The minimum absolute atomic E-state index is 0.117. The Kier molecular flexibility index (Phi) is 6.04. The highest BCUT2D eigenvalue weighted by molar-refractivity contribution is 5.97. The first-order chi connectivity index (χ1) is 11.2. The topological polar surface area (TPSA) is 65.4 Å². The van der Waals surface area contributed by atoms with Gasteiger partial charge in [0.25, 0.3) is 5.91 Å². The van der Waals surface area contributed by atoms with Gasteiger partial charge in [-0.2, -0.15) is 5.26 Å². The molecule has 1 aliphatic heterocycles. The van der Waals surface area contributed by atoms with E-state index in [2.05, 4.69) is 12.2 Å². The molecule has 1 aliphatic rings. The molecule has 1 saturated heterocycles. The van der Waals surface area contributed by atoms with E-state index in [-0.39, 0.29) is 11.5 Å². The van der Waals surface area contributed by atoms with Gasteiger partial charge in [0.15, 0.2) is 0 Å². The second-order valence-corrected chi connectivity index (χ2v) is 5.72. The lowest BCUT2D eigenvalue weighted by Gasteiger charge is -2.30. The lowest BCUT2D eigenvalue weighted by Crippen LogP contribution is -2.38. The summed E-state index contributed by atoms with van der Waals surface area (Å²) in [6.45, 7) is 6.09. The van der Waals surface area contributed by atoms with Crippen LogP contribution in [-0.4, -0.2) is 30.5 Å². The minimum atomic E-state index is -0.208. The highest BCUT2D eigenvalue weighted by Crippen LogP contribution is 2.24. The first-order valence-corrected chi connectivity index (χ1v) is 8.03. The van der Waals surface area contributed by atoms with Gasteiger partial charge in [0.05, 0.1) is 12.3 Å². The van der Waals surface area contributed by atoms with Crippen LogP contribution in [0.25, 0.3) is 0 Å². The van der Waals surface area contributed by atoms with Crippen LogP contribution < -0.4 is 10.1 Å². The Labute approximate surface area is 137 Å². The molecule has 1 aromatic carbocycles. The standard InChI is InChI=1S/C18H23N3O2/c1-3-23-17-7-5-4-6-16(17)20-13-15(12-19)18(22)21-10-8-14(2)9-11-21/h4-7,13-14,20H,3,8-11H2,1-2H3/b15-13-. The number of likely N-dealkylation sites (tertiary alicyclic amines) is 1. The van der Waals surface area contributed by atoms with Gasteiger partial charge in [0, 0.05) is 19.3 Å². The number of benzene rings is 1. The number of para-hydroxylation sites is 2. The Hall–Kier alpha value is -2.48. The molecule has 23 heavy (non-hydrogen) atoms. The number of nitrogens with one attached hydrogen (secondary N) is 1. The number of hydrogen-bond donors (Lipinski definition) is 1. The second-order valence-electron chi connectivity index (χ2n) is 5.72. The van der Waals surface area contributed by atoms with E-state index in [9.17, 15) is 10.1 Å². The molecule has 1 heterocycles. The molecule has 5 heteroatoms. The van der Waals surface area contributed by atoms with E-state index in [1.807, 2.05) is 37.3 Å². The molecule has 1 amide bonds. The molecule has 2 rings (SSSR count). The molecule has 1 fully saturated rings. The van der Waals surface area contributed by atoms with Gasteiger partial charge in [0.2, 0.25) is 0 Å². The predicted molar refractivity (Wildman–Crippen MR) is 89.9 cm³/mol. The summed E-state index contributed by atoms with van der Waals surface area (Å²) in [7, 11) is 0. The number of amides is 1. The number of anilines is 1. The average Bonchev–Trinajstić information content (AvgIpc) is 2.57. The molecule has 1 aromatic rings. The Morgan fingerprint density at radius 2 is 2.13 bits per heavy atom. The fraction of sp³-hybridized carbons (Fsp3) is 0.444. The molecule has 0 saturated carbocycles. The van der Waals surface area contributed by atoms with Crippen LogP contribution in [0.2, 0.25) is 0 Å². The minimum Gasteiger partial charge on any atom is -0.492 e. The smallest absolute Gasteiger partial charge is 0.266 e. The van der Waals surface area contributed by atoms with Gasteiger partial charge < -0.3 is 15.0 Å². The third-order valence-electron chi connectivity index (χ3n) is 3.98. The molecule has 0 bridgehead atoms. The quantitative estimate of drug-likeness (QED) is 0.670. The van der Waals surface area contributed by atoms with Crippen molar-refractivity contribution in [2.24, 2.45) is 5.92 Å². The molecule has 1 N–H and O–H groups in total. The molecular weight excluding hydrogens is 290 g/mol. The number of hydrogen-bond acceptors (Lipinski definition) is 4. The fourth-order valence-corrected chi connectivity index (χ4v) is 2.54. The van der Waals surface area contributed by atoms with E-state index in [1.54, 1.807) is 4.90 Å². The molecule has 5 nitrogen and oxygen atoms in total. The van der Waals surface area contributed by atoms with Gasteiger partial charge in [-0.3, -0.25) is 4.79 Å². The zero-order valence-corrected chi connectivity index (χ0v) is 13.7. The van der Waals surface area contributed by atoms with Crippen molar-refractivity contribution >= 4 is 11.6 Å². The third-order valence-corrected chi connectivity index (χ3v) is 3.98. The van der Waals surface area contributed by atoms with Crippen LogP contribution in [0.15, 0.2) is 36.0 Å². The van der Waals surface area contributed by atoms with Crippen molar-refractivity contribution in [2.75, 3.05) is 25.0 Å². The monoisotopic (exact) mass is 313 g/mol. The van der Waals surface area contributed by atoms with Crippen molar-refractivity contribution in [3.63, 3.8) is 0 Å². The molecule has 0 radical (unpaired) electrons. The molecule has 0 aromatic heterocycles. The Balaban J connectivity index is 2.07. The van der Waals surface area contributed by atoms with Crippen LogP contribution in [0.1, 0.15) is 26.7 Å². The number of carbonyl (C=O) groups excluding carboxylic acids is 1. The van der Waals surface area contributed by atoms with Crippen molar-refractivity contribution in [1.82, 2.24) is 4.90 Å². The molecule has 122 valence electrons. The van der Waals surface area contributed by atoms with E-state index < -0.39 is 0 Å². The summed E-state index contributed by atoms with van der Waals surface area (Å²) in [6, 6.07) is 9.45. The number of carbonyl (C=O) groups is 1. The van der Waals surface area contributed by atoms with Crippen LogP contribution in [0.5, 0.6) is 5.75 Å². The summed E-state index contributed by atoms with van der Waals surface area (Å²) < 4.78 is 5.52. The number of ether oxygens (including phenoxy) is 1. The van der Waals surface area contributed by atoms with Crippen LogP contribution in [0, 0.1) is 17.2 Å². The second kappa shape index (κ2) is 8.23. The summed E-state index contributed by atoms with van der Waals surface area (Å²) in [5, 5.41) is 12.3. The highest BCUT2D eigenvalue weighted by Gasteiger charge is 2.23. The largest absolute Gasteiger partial charge is 0.492 e. The fourth-order valence-electron chi connectivity index (χ4n) is 2.54. The Morgan fingerprint density at radius 3 is 2.78 bits per heavy atom. The van der Waals surface area contributed by atoms with E-state index in [4.69, 9.17) is 4.74 Å². The summed E-state index contributed by atoms with van der Waals surface area (Å²) >= 11 is 0. The van der Waals surface area contributed by atoms with Crippen molar-refractivity contribution in [3.05, 3.63) is 36.0 Å². The lowest BCUT2D eigenvalue weighted by molar-refractivity contribution is -0.128. The SMILES string of the molecule is CCOc1ccccc1N/C=C(/C#N)C(=O)N1CCC(C)CC1. The highest BCUT2D eigenvalue weighted by atomic mass is 16.5. The number of piperidine rings is 1. The zero-order valence-electron chi connectivity index (χ0n) is 13.7. The Morgan fingerprint density at radius 1 is 1.43 bits per heavy atom. The number of rotatable bonds is 5. The van der Waals surface area contributed by atoms with Crippen LogP contribution in [-0.2, 0) is 4.79 Å². The van der Waals surface area contributed by atoms with Crippen LogP contribution in [0.4, 0.5) is 5.69 Å². The predicted octanol–water partition coefficient (Wildman–Crippen LogP) is 3.16. The maximum Gasteiger partial charge on any atom is 0.266 e. The van der Waals surface area contributed by atoms with Gasteiger partial charge in [-0.15, -0.1) is 0 Å². The summed E-state index contributed by atoms with van der Waals surface area (Å²) in [6.07, 6.45) is 3.45. The van der Waals surface area contributed by atoms with Crippen LogP contribution >= 0.6 is 0 Å². The van der Waals surface area contributed by atoms with E-state index in [0.29, 0.717) is 31.4 Å². The van der Waals surface area contributed by atoms with Gasteiger partial charge in [-0.25, -0.2) is 0 Å². The zero-order chi connectivity index (χ0) is 16.7. The van der Waals surface area contributed by atoms with Gasteiger partial charge in [-0.1, -0.05) is 19.1 Å². The van der Waals surface area contributed by atoms with Crippen molar-refractivity contribution < 1.29 is 9.53 Å². The maximum absolute atomic E-state index is 12.4. The first kappa shape index (κ1) is 16.9. The molecule has 0 aliphatic carbocycles. The summed E-state index contributed by atoms with van der Waals surface area (Å²) in [5.74, 6) is 1.13. The molecule has 0 unspecified atom stereocenters. The third kappa shape index (κ3) is 4.49. The van der Waals surface area contributed by atoms with Crippen molar-refractivity contribution in [2.45, 2.75) is 26.7 Å². The van der Waals surface area contributed by atoms with E-state index in [0.717, 1.165) is 18.5 Å². The number of nitriles is 1. The van der Waals surface area contributed by atoms with Gasteiger partial charge in [-0.05, 0) is 37.8 Å². The summed E-state index contributed by atoms with van der Waals surface area (Å²) in [4.78, 5) is 14.2. The molecule has 0 spiro atoms. The lowest BCUT2D eigenvalue weighted by atomic mass is 9.99. The normalized spacial score (nSPS) is 15.9. The average molecular weight is 313 g/mol. The Bertz CT molecular complexity index is 611.